The molecule has 0 aliphatic carbocycles. The van der Waals surface area contributed by atoms with Gasteiger partial charge in [0.25, 0.3) is 0 Å². The summed E-state index contributed by atoms with van der Waals surface area (Å²) in [7, 11) is 0. The zero-order valence-electron chi connectivity index (χ0n) is 9.71. The molecular formula is C12H12F3N2S+. The second-order valence-corrected chi connectivity index (χ2v) is 4.94. The lowest BCUT2D eigenvalue weighted by atomic mass is 10.1. The number of benzene rings is 1. The zero-order chi connectivity index (χ0) is 13.3. The minimum absolute atomic E-state index is 0.642. The number of thiazole rings is 1. The Balaban J connectivity index is 2.34. The SMILES string of the molecule is Cc1nc(-c2ccc(C(F)(F)F)cc2)sc1C[NH3+]. The van der Waals surface area contributed by atoms with Crippen LogP contribution in [0.1, 0.15) is 16.1 Å². The molecule has 18 heavy (non-hydrogen) atoms. The smallest absolute Gasteiger partial charge is 0.353 e. The number of nitrogens with zero attached hydrogens (tertiary/aromatic N) is 1. The molecule has 6 heteroatoms. The van der Waals surface area contributed by atoms with Crippen LogP contribution >= 0.6 is 11.3 Å². The summed E-state index contributed by atoms with van der Waals surface area (Å²) in [5.41, 5.74) is 4.75. The van der Waals surface area contributed by atoms with Gasteiger partial charge in [-0.05, 0) is 19.1 Å². The van der Waals surface area contributed by atoms with Crippen LogP contribution < -0.4 is 5.73 Å². The van der Waals surface area contributed by atoms with Crippen molar-refractivity contribution in [3.8, 4) is 10.6 Å². The Morgan fingerprint density at radius 3 is 2.28 bits per heavy atom. The van der Waals surface area contributed by atoms with Crippen LogP contribution in [0.25, 0.3) is 10.6 Å². The fourth-order valence-corrected chi connectivity index (χ4v) is 2.55. The summed E-state index contributed by atoms with van der Waals surface area (Å²) in [6.45, 7) is 2.52. The second-order valence-electron chi connectivity index (χ2n) is 3.85. The standard InChI is InChI=1S/C12H11F3N2S/c1-7-10(6-16)18-11(17-7)8-2-4-9(5-3-8)12(13,14)15/h2-5H,6,16H2,1H3/p+1. The third kappa shape index (κ3) is 2.54. The summed E-state index contributed by atoms with van der Waals surface area (Å²) in [5.74, 6) is 0. The van der Waals surface area contributed by atoms with E-state index in [0.717, 1.165) is 27.7 Å². The van der Waals surface area contributed by atoms with Gasteiger partial charge in [-0.1, -0.05) is 12.1 Å². The highest BCUT2D eigenvalue weighted by Crippen LogP contribution is 2.32. The summed E-state index contributed by atoms with van der Waals surface area (Å²) in [6, 6.07) is 5.06. The van der Waals surface area contributed by atoms with E-state index >= 15 is 0 Å². The van der Waals surface area contributed by atoms with E-state index in [-0.39, 0.29) is 0 Å². The summed E-state index contributed by atoms with van der Waals surface area (Å²) in [4.78, 5) is 5.40. The largest absolute Gasteiger partial charge is 0.416 e. The van der Waals surface area contributed by atoms with Crippen molar-refractivity contribution in [3.63, 3.8) is 0 Å². The highest BCUT2D eigenvalue weighted by molar-refractivity contribution is 7.15. The van der Waals surface area contributed by atoms with Gasteiger partial charge in [-0.2, -0.15) is 13.2 Å². The van der Waals surface area contributed by atoms with Gasteiger partial charge in [0.15, 0.2) is 0 Å². The molecule has 0 amide bonds. The highest BCUT2D eigenvalue weighted by Gasteiger charge is 2.30. The van der Waals surface area contributed by atoms with Crippen molar-refractivity contribution in [3.05, 3.63) is 40.4 Å². The van der Waals surface area contributed by atoms with Gasteiger partial charge >= 0.3 is 6.18 Å². The lowest BCUT2D eigenvalue weighted by Gasteiger charge is -2.06. The number of hydrogen-bond acceptors (Lipinski definition) is 2. The van der Waals surface area contributed by atoms with Gasteiger partial charge in [0.1, 0.15) is 11.6 Å². The van der Waals surface area contributed by atoms with Crippen LogP contribution in [0.2, 0.25) is 0 Å². The molecule has 0 fully saturated rings. The number of halogens is 3. The van der Waals surface area contributed by atoms with Gasteiger partial charge in [0.2, 0.25) is 0 Å². The van der Waals surface area contributed by atoms with Crippen LogP contribution in [0.4, 0.5) is 13.2 Å². The van der Waals surface area contributed by atoms with Crippen LogP contribution in [0.15, 0.2) is 24.3 Å². The van der Waals surface area contributed by atoms with E-state index in [1.807, 2.05) is 6.92 Å². The maximum atomic E-state index is 12.4. The van der Waals surface area contributed by atoms with Crippen LogP contribution in [0.3, 0.4) is 0 Å². The average Bonchev–Trinajstić information content (AvgIpc) is 2.69. The second kappa shape index (κ2) is 4.70. The van der Waals surface area contributed by atoms with Crippen molar-refractivity contribution < 1.29 is 18.9 Å². The normalized spacial score (nSPS) is 11.8. The summed E-state index contributed by atoms with van der Waals surface area (Å²) >= 11 is 1.47. The number of quaternary nitrogens is 1. The van der Waals surface area contributed by atoms with Crippen molar-refractivity contribution in [1.82, 2.24) is 4.98 Å². The van der Waals surface area contributed by atoms with Crippen molar-refractivity contribution >= 4 is 11.3 Å². The number of hydrogen-bond donors (Lipinski definition) is 1. The number of aromatic nitrogens is 1. The van der Waals surface area contributed by atoms with Crippen molar-refractivity contribution in [2.24, 2.45) is 0 Å². The van der Waals surface area contributed by atoms with Crippen LogP contribution in [-0.4, -0.2) is 4.98 Å². The van der Waals surface area contributed by atoms with Gasteiger partial charge in [-0.3, -0.25) is 0 Å². The molecule has 0 saturated heterocycles. The first kappa shape index (κ1) is 13.0. The van der Waals surface area contributed by atoms with Crippen molar-refractivity contribution in [2.75, 3.05) is 0 Å². The molecule has 2 nitrogen and oxygen atoms in total. The number of rotatable bonds is 2. The lowest BCUT2D eigenvalue weighted by molar-refractivity contribution is -0.385. The van der Waals surface area contributed by atoms with E-state index < -0.39 is 11.7 Å². The van der Waals surface area contributed by atoms with Crippen LogP contribution in [-0.2, 0) is 12.7 Å². The molecule has 0 aliphatic rings. The fraction of sp³-hybridized carbons (Fsp3) is 0.250. The minimum atomic E-state index is -4.30. The fourth-order valence-electron chi connectivity index (χ4n) is 1.59. The molecule has 0 spiro atoms. The molecular weight excluding hydrogens is 261 g/mol. The molecule has 96 valence electrons. The first-order valence-electron chi connectivity index (χ1n) is 5.35. The van der Waals surface area contributed by atoms with E-state index in [1.165, 1.54) is 23.5 Å². The molecule has 0 aliphatic heterocycles. The quantitative estimate of drug-likeness (QED) is 0.898. The zero-order valence-corrected chi connectivity index (χ0v) is 10.5. The van der Waals surface area contributed by atoms with Gasteiger partial charge in [0, 0.05) is 5.56 Å². The summed E-state index contributed by atoms with van der Waals surface area (Å²) < 4.78 is 37.3. The molecule has 0 atom stereocenters. The number of aryl methyl sites for hydroxylation is 1. The first-order valence-corrected chi connectivity index (χ1v) is 6.16. The van der Waals surface area contributed by atoms with Crippen molar-refractivity contribution in [2.45, 2.75) is 19.6 Å². The maximum absolute atomic E-state index is 12.4. The molecule has 0 radical (unpaired) electrons. The molecule has 2 aromatic rings. The van der Waals surface area contributed by atoms with E-state index in [2.05, 4.69) is 10.7 Å². The molecule has 1 heterocycles. The minimum Gasteiger partial charge on any atom is -0.353 e. The van der Waals surface area contributed by atoms with Gasteiger partial charge in [-0.25, -0.2) is 4.98 Å². The topological polar surface area (TPSA) is 40.5 Å². The monoisotopic (exact) mass is 273 g/mol. The van der Waals surface area contributed by atoms with Gasteiger partial charge < -0.3 is 5.73 Å². The number of alkyl halides is 3. The Morgan fingerprint density at radius 2 is 1.83 bits per heavy atom. The molecule has 0 unspecified atom stereocenters. The summed E-state index contributed by atoms with van der Waals surface area (Å²) in [6.07, 6.45) is -4.30. The molecule has 2 rings (SSSR count). The van der Waals surface area contributed by atoms with Crippen LogP contribution in [0, 0.1) is 6.92 Å². The summed E-state index contributed by atoms with van der Waals surface area (Å²) in [5, 5.41) is 0.736. The highest BCUT2D eigenvalue weighted by atomic mass is 32.1. The first-order chi connectivity index (χ1) is 8.41. The third-order valence-corrected chi connectivity index (χ3v) is 3.85. The molecule has 3 N–H and O–H groups in total. The Hall–Kier alpha value is -1.40. The molecule has 0 saturated carbocycles. The predicted octanol–water partition coefficient (Wildman–Crippen LogP) is 2.88. The Kier molecular flexibility index (Phi) is 3.41. The van der Waals surface area contributed by atoms with E-state index in [0.29, 0.717) is 12.1 Å². The van der Waals surface area contributed by atoms with Gasteiger partial charge in [0.05, 0.1) is 16.1 Å². The van der Waals surface area contributed by atoms with E-state index in [1.54, 1.807) is 0 Å². The molecule has 0 bridgehead atoms. The van der Waals surface area contributed by atoms with E-state index in [9.17, 15) is 13.2 Å². The van der Waals surface area contributed by atoms with Crippen molar-refractivity contribution in [1.29, 1.82) is 0 Å². The Bertz CT molecular complexity index is 543. The Labute approximate surface area is 106 Å². The average molecular weight is 273 g/mol. The Morgan fingerprint density at radius 1 is 1.22 bits per heavy atom. The van der Waals surface area contributed by atoms with Gasteiger partial charge in [-0.15, -0.1) is 11.3 Å². The van der Waals surface area contributed by atoms with Crippen LogP contribution in [0.5, 0.6) is 0 Å². The third-order valence-electron chi connectivity index (χ3n) is 2.58. The predicted molar refractivity (Wildman–Crippen MR) is 63.9 cm³/mol. The maximum Gasteiger partial charge on any atom is 0.416 e. The van der Waals surface area contributed by atoms with E-state index in [4.69, 9.17) is 0 Å². The molecule has 1 aromatic heterocycles. The lowest BCUT2D eigenvalue weighted by Crippen LogP contribution is -2.47. The molecule has 1 aromatic carbocycles.